The van der Waals surface area contributed by atoms with E-state index in [-0.39, 0.29) is 35.3 Å². The van der Waals surface area contributed by atoms with Gasteiger partial charge in [0.25, 0.3) is 0 Å². The van der Waals surface area contributed by atoms with Crippen LogP contribution in [0.5, 0.6) is 23.0 Å². The number of benzene rings is 2. The highest BCUT2D eigenvalue weighted by molar-refractivity contribution is 6.01. The summed E-state index contributed by atoms with van der Waals surface area (Å²) < 4.78 is 23.2. The van der Waals surface area contributed by atoms with Crippen LogP contribution < -0.4 is 14.2 Å². The van der Waals surface area contributed by atoms with Gasteiger partial charge < -0.3 is 29.0 Å². The summed E-state index contributed by atoms with van der Waals surface area (Å²) in [6, 6.07) is 4.38. The third-order valence-corrected chi connectivity index (χ3v) is 12.1. The Morgan fingerprint density at radius 3 is 2.43 bits per heavy atom. The molecule has 1 spiro atoms. The summed E-state index contributed by atoms with van der Waals surface area (Å²) in [4.78, 5) is 30.7. The van der Waals surface area contributed by atoms with Gasteiger partial charge in [0.15, 0.2) is 40.3 Å². The number of methoxy groups -OCH3 is 4. The van der Waals surface area contributed by atoms with Crippen LogP contribution in [-0.4, -0.2) is 81.1 Å². The van der Waals surface area contributed by atoms with E-state index >= 15 is 0 Å². The molecule has 1 N–H and O–H groups in total. The number of fused-ring (bicyclic) bond motifs is 2. The van der Waals surface area contributed by atoms with Crippen molar-refractivity contribution in [2.24, 2.45) is 5.92 Å². The van der Waals surface area contributed by atoms with Crippen LogP contribution in [0, 0.1) is 5.92 Å². The summed E-state index contributed by atoms with van der Waals surface area (Å²) in [5.41, 5.74) is 5.70. The van der Waals surface area contributed by atoms with Crippen LogP contribution in [0.2, 0.25) is 0 Å². The Balaban J connectivity index is 1.26. The highest BCUT2D eigenvalue weighted by Crippen LogP contribution is 2.61. The molecule has 2 aliphatic heterocycles. The van der Waals surface area contributed by atoms with Crippen molar-refractivity contribution in [3.8, 4) is 23.0 Å². The van der Waals surface area contributed by atoms with E-state index in [0.717, 1.165) is 66.8 Å². The first-order chi connectivity index (χ1) is 22.7. The van der Waals surface area contributed by atoms with E-state index in [1.54, 1.807) is 40.6 Å². The molecule has 6 aliphatic rings. The number of rotatable bonds is 6. The van der Waals surface area contributed by atoms with E-state index in [2.05, 4.69) is 22.9 Å². The lowest BCUT2D eigenvalue weighted by Gasteiger charge is -2.57. The second-order valence-corrected chi connectivity index (χ2v) is 14.1. The van der Waals surface area contributed by atoms with Crippen molar-refractivity contribution in [2.75, 3.05) is 48.6 Å². The number of ketones is 2. The maximum Gasteiger partial charge on any atom is 0.197 e. The van der Waals surface area contributed by atoms with E-state index in [4.69, 9.17) is 18.9 Å². The molecule has 2 bridgehead atoms. The standard InChI is InChI=1S/C38H42N2O7/c1-39-13-11-38-19-28(42)29(44-2)17-25(38)26(39)16-24-22(15-30(45-3)35(43)33(24)38)20-40-12-8-21-14-31(46-4)36(47-5)34-32(21)27(40)18-37(34)9-6-23(41)7-10-37/h6-7,9-10,14-15,17,25-27,43H,8,11-13,16,18-20H2,1-5H3/t25-,26+,27+,38-/m1/s1. The van der Waals surface area contributed by atoms with E-state index in [9.17, 15) is 14.7 Å². The summed E-state index contributed by atoms with van der Waals surface area (Å²) in [5, 5.41) is 11.8. The molecule has 2 heterocycles. The Kier molecular flexibility index (Phi) is 6.90. The summed E-state index contributed by atoms with van der Waals surface area (Å²) in [6.07, 6.45) is 12.9. The minimum atomic E-state index is -0.523. The van der Waals surface area contributed by atoms with Gasteiger partial charge in [-0.2, -0.15) is 0 Å². The van der Waals surface area contributed by atoms with Gasteiger partial charge in [-0.15, -0.1) is 0 Å². The van der Waals surface area contributed by atoms with Crippen molar-refractivity contribution in [1.29, 1.82) is 0 Å². The van der Waals surface area contributed by atoms with Crippen molar-refractivity contribution < 1.29 is 33.6 Å². The maximum atomic E-state index is 13.4. The quantitative estimate of drug-likeness (QED) is 0.492. The molecule has 4 aliphatic carbocycles. The third-order valence-electron chi connectivity index (χ3n) is 12.1. The van der Waals surface area contributed by atoms with Crippen LogP contribution in [0.4, 0.5) is 0 Å². The zero-order valence-corrected chi connectivity index (χ0v) is 27.7. The number of phenolic OH excluding ortho intramolecular Hbond substituents is 1. The molecular weight excluding hydrogens is 596 g/mol. The molecule has 9 nitrogen and oxygen atoms in total. The van der Waals surface area contributed by atoms with Gasteiger partial charge in [-0.3, -0.25) is 14.5 Å². The molecule has 1 saturated heterocycles. The summed E-state index contributed by atoms with van der Waals surface area (Å²) in [6.45, 7) is 2.34. The number of carbonyl (C=O) groups excluding carboxylic acids is 2. The van der Waals surface area contributed by atoms with Crippen LogP contribution in [0.25, 0.3) is 0 Å². The zero-order chi connectivity index (χ0) is 32.8. The Morgan fingerprint density at radius 1 is 0.957 bits per heavy atom. The molecule has 0 aromatic heterocycles. The average molecular weight is 639 g/mol. The van der Waals surface area contributed by atoms with Crippen molar-refractivity contribution >= 4 is 11.6 Å². The zero-order valence-electron chi connectivity index (χ0n) is 27.7. The fourth-order valence-electron chi connectivity index (χ4n) is 9.97. The van der Waals surface area contributed by atoms with Crippen LogP contribution in [-0.2, 0) is 44.5 Å². The smallest absolute Gasteiger partial charge is 0.197 e. The Bertz CT molecular complexity index is 1790. The molecule has 47 heavy (non-hydrogen) atoms. The predicted octanol–water partition coefficient (Wildman–Crippen LogP) is 4.47. The van der Waals surface area contributed by atoms with Crippen molar-refractivity contribution in [3.63, 3.8) is 0 Å². The Hall–Kier alpha value is -4.08. The van der Waals surface area contributed by atoms with Crippen molar-refractivity contribution in [3.05, 3.63) is 81.7 Å². The van der Waals surface area contributed by atoms with Gasteiger partial charge >= 0.3 is 0 Å². The van der Waals surface area contributed by atoms with E-state index in [1.165, 1.54) is 11.1 Å². The number of carbonyl (C=O) groups is 2. The highest BCUT2D eigenvalue weighted by Gasteiger charge is 2.57. The topological polar surface area (TPSA) is 97.8 Å². The summed E-state index contributed by atoms with van der Waals surface area (Å²) in [7, 11) is 8.68. The molecule has 0 unspecified atom stereocenters. The van der Waals surface area contributed by atoms with Crippen LogP contribution >= 0.6 is 0 Å². The SMILES string of the molecule is COC1=C[C@@H]2[C@@H]3Cc4c(CN5CCc6cc(OC)c(OC)c7c6[C@@H]5CC75C=CC(=O)C=C5)cc(OC)c(O)c4[C@]2(CCN3C)CC1=O. The van der Waals surface area contributed by atoms with Crippen molar-refractivity contribution in [1.82, 2.24) is 9.80 Å². The third kappa shape index (κ3) is 4.15. The average Bonchev–Trinajstić information content (AvgIpc) is 3.41. The number of Topliss-reactive ketones (excluding diaryl/α,β-unsaturated/α-hetero) is 1. The molecule has 1 fully saturated rings. The number of phenols is 1. The van der Waals surface area contributed by atoms with Gasteiger partial charge in [0.1, 0.15) is 0 Å². The fourth-order valence-corrected chi connectivity index (χ4v) is 9.97. The molecule has 0 amide bonds. The van der Waals surface area contributed by atoms with E-state index in [0.29, 0.717) is 30.2 Å². The normalized spacial score (nSPS) is 28.4. The van der Waals surface area contributed by atoms with Crippen molar-refractivity contribution in [2.45, 2.75) is 61.6 Å². The van der Waals surface area contributed by atoms with E-state index in [1.807, 2.05) is 24.3 Å². The number of likely N-dealkylation sites (tertiary alicyclic amines) is 1. The number of allylic oxidation sites excluding steroid dienone is 5. The second kappa shape index (κ2) is 10.7. The molecule has 0 radical (unpaired) electrons. The summed E-state index contributed by atoms with van der Waals surface area (Å²) >= 11 is 0. The first-order valence-electron chi connectivity index (χ1n) is 16.5. The molecule has 0 saturated carbocycles. The molecule has 4 atom stereocenters. The van der Waals surface area contributed by atoms with Gasteiger partial charge in [0.05, 0.1) is 28.4 Å². The number of likely N-dealkylation sites (N-methyl/N-ethyl adjacent to an activating group) is 1. The van der Waals surface area contributed by atoms with E-state index < -0.39 is 10.8 Å². The molecular formula is C38H42N2O7. The number of hydrogen-bond acceptors (Lipinski definition) is 9. The highest BCUT2D eigenvalue weighted by atomic mass is 16.5. The molecule has 2 aromatic rings. The van der Waals surface area contributed by atoms with Crippen LogP contribution in [0.1, 0.15) is 58.7 Å². The first kappa shape index (κ1) is 30.3. The predicted molar refractivity (Wildman–Crippen MR) is 175 cm³/mol. The molecule has 246 valence electrons. The van der Waals surface area contributed by atoms with Gasteiger partial charge in [0, 0.05) is 59.5 Å². The molecule has 2 aromatic carbocycles. The number of piperidine rings is 1. The van der Waals surface area contributed by atoms with Crippen LogP contribution in [0.3, 0.4) is 0 Å². The number of aromatic hydroxyl groups is 1. The number of hydrogen-bond donors (Lipinski definition) is 1. The van der Waals surface area contributed by atoms with Gasteiger partial charge in [0.2, 0.25) is 0 Å². The first-order valence-corrected chi connectivity index (χ1v) is 16.5. The number of ether oxygens (including phenoxy) is 4. The Labute approximate surface area is 275 Å². The fraction of sp³-hybridized carbons (Fsp3) is 0.474. The van der Waals surface area contributed by atoms with Gasteiger partial charge in [-0.05, 0) is 91.9 Å². The number of nitrogens with zero attached hydrogens (tertiary/aromatic N) is 2. The van der Waals surface area contributed by atoms with Gasteiger partial charge in [-0.25, -0.2) is 0 Å². The van der Waals surface area contributed by atoms with Crippen LogP contribution in [0.15, 0.2) is 48.3 Å². The Morgan fingerprint density at radius 2 is 1.72 bits per heavy atom. The monoisotopic (exact) mass is 638 g/mol. The minimum absolute atomic E-state index is 0.0147. The minimum Gasteiger partial charge on any atom is -0.504 e. The molecule has 8 rings (SSSR count). The maximum absolute atomic E-state index is 13.4. The largest absolute Gasteiger partial charge is 0.504 e. The summed E-state index contributed by atoms with van der Waals surface area (Å²) in [5.74, 6) is 2.47. The lowest BCUT2D eigenvalue weighted by Crippen LogP contribution is -2.60. The molecule has 9 heteroatoms. The second-order valence-electron chi connectivity index (χ2n) is 14.1. The lowest BCUT2D eigenvalue weighted by molar-refractivity contribution is -0.122. The lowest BCUT2D eigenvalue weighted by atomic mass is 9.53. The van der Waals surface area contributed by atoms with Gasteiger partial charge in [-0.1, -0.05) is 12.2 Å².